The Kier molecular flexibility index (Phi) is 5.43. The molecule has 2 heterocycles. The Bertz CT molecular complexity index is 1190. The van der Waals surface area contributed by atoms with Crippen molar-refractivity contribution in [2.75, 3.05) is 13.2 Å². The lowest BCUT2D eigenvalue weighted by atomic mass is 10.0. The molecule has 1 aliphatic rings. The summed E-state index contributed by atoms with van der Waals surface area (Å²) in [5, 5.41) is 15.2. The number of nitro benzene ring substituents is 1. The number of ether oxygens (including phenoxy) is 2. The topological polar surface area (TPSA) is 95.6 Å². The average molecular weight is 428 g/mol. The number of non-ortho nitro benzene ring substituents is 1. The molecule has 8 nitrogen and oxygen atoms in total. The van der Waals surface area contributed by atoms with Crippen LogP contribution in [0.1, 0.15) is 5.56 Å². The van der Waals surface area contributed by atoms with Crippen molar-refractivity contribution < 1.29 is 14.4 Å². The van der Waals surface area contributed by atoms with Crippen LogP contribution in [0, 0.1) is 10.1 Å². The van der Waals surface area contributed by atoms with E-state index in [9.17, 15) is 14.9 Å². The SMILES string of the molecule is Cn1cc2c(cc1=O)OCCNCc1cc(Cl)ccc1Oc1ccc([N+](=O)[O-])cc1-2. The van der Waals surface area contributed by atoms with Gasteiger partial charge in [-0.05, 0) is 24.3 Å². The minimum atomic E-state index is -0.476. The largest absolute Gasteiger partial charge is 0.491 e. The zero-order valence-electron chi connectivity index (χ0n) is 16.1. The van der Waals surface area contributed by atoms with E-state index in [-0.39, 0.29) is 11.2 Å². The van der Waals surface area contributed by atoms with E-state index in [1.54, 1.807) is 37.5 Å². The predicted octanol–water partition coefficient (Wildman–Crippen LogP) is 3.89. The summed E-state index contributed by atoms with van der Waals surface area (Å²) < 4.78 is 13.4. The number of pyridine rings is 1. The Balaban J connectivity index is 1.95. The van der Waals surface area contributed by atoms with Crippen LogP contribution < -0.4 is 20.3 Å². The summed E-state index contributed by atoms with van der Waals surface area (Å²) in [7, 11) is 1.61. The first-order valence-electron chi connectivity index (χ1n) is 9.21. The van der Waals surface area contributed by atoms with E-state index in [1.807, 2.05) is 0 Å². The van der Waals surface area contributed by atoms with E-state index >= 15 is 0 Å². The van der Waals surface area contributed by atoms with Gasteiger partial charge in [0.15, 0.2) is 0 Å². The fraction of sp³-hybridized carbons (Fsp3) is 0.190. The molecule has 0 spiro atoms. The zero-order chi connectivity index (χ0) is 21.3. The fourth-order valence-electron chi connectivity index (χ4n) is 3.23. The predicted molar refractivity (Wildman–Crippen MR) is 113 cm³/mol. The van der Waals surface area contributed by atoms with Crippen molar-refractivity contribution in [3.8, 4) is 28.4 Å². The van der Waals surface area contributed by atoms with Gasteiger partial charge in [0.2, 0.25) is 0 Å². The number of nitro groups is 1. The number of nitrogens with one attached hydrogen (secondary N) is 1. The number of nitrogens with zero attached hydrogens (tertiary/aromatic N) is 2. The van der Waals surface area contributed by atoms with Gasteiger partial charge in [-0.15, -0.1) is 0 Å². The highest BCUT2D eigenvalue weighted by atomic mass is 35.5. The van der Waals surface area contributed by atoms with Crippen molar-refractivity contribution in [2.45, 2.75) is 6.54 Å². The van der Waals surface area contributed by atoms with E-state index in [2.05, 4.69) is 5.32 Å². The van der Waals surface area contributed by atoms with Crippen molar-refractivity contribution in [1.82, 2.24) is 9.88 Å². The zero-order valence-corrected chi connectivity index (χ0v) is 16.8. The third-order valence-electron chi connectivity index (χ3n) is 4.75. The molecule has 4 rings (SSSR count). The van der Waals surface area contributed by atoms with Gasteiger partial charge >= 0.3 is 0 Å². The van der Waals surface area contributed by atoms with Crippen molar-refractivity contribution in [3.05, 3.63) is 79.7 Å². The van der Waals surface area contributed by atoms with Crippen LogP contribution in [0.4, 0.5) is 5.69 Å². The van der Waals surface area contributed by atoms with E-state index in [1.165, 1.54) is 22.8 Å². The van der Waals surface area contributed by atoms with Crippen LogP contribution in [-0.4, -0.2) is 22.6 Å². The first-order chi connectivity index (χ1) is 14.4. The van der Waals surface area contributed by atoms with E-state index < -0.39 is 4.92 Å². The molecule has 0 saturated carbocycles. The summed E-state index contributed by atoms with van der Waals surface area (Å²) >= 11 is 6.14. The first kappa shape index (κ1) is 19.9. The number of fused-ring (bicyclic) bond motifs is 4. The van der Waals surface area contributed by atoms with Gasteiger partial charge in [-0.3, -0.25) is 14.9 Å². The molecule has 0 fully saturated rings. The Morgan fingerprint density at radius 3 is 2.70 bits per heavy atom. The molecule has 2 aromatic carbocycles. The van der Waals surface area contributed by atoms with Crippen molar-refractivity contribution >= 4 is 17.3 Å². The molecule has 0 atom stereocenters. The van der Waals surface area contributed by atoms with Crippen LogP contribution in [0.3, 0.4) is 0 Å². The normalized spacial score (nSPS) is 13.4. The maximum Gasteiger partial charge on any atom is 0.270 e. The number of rotatable bonds is 1. The molecule has 0 aliphatic carbocycles. The van der Waals surface area contributed by atoms with Gasteiger partial charge in [-0.25, -0.2) is 0 Å². The van der Waals surface area contributed by atoms with Crippen LogP contribution >= 0.6 is 11.6 Å². The number of halogens is 1. The van der Waals surface area contributed by atoms with Gasteiger partial charge in [-0.2, -0.15) is 0 Å². The molecule has 30 heavy (non-hydrogen) atoms. The van der Waals surface area contributed by atoms with Gasteiger partial charge < -0.3 is 19.4 Å². The van der Waals surface area contributed by atoms with Crippen LogP contribution in [0.25, 0.3) is 11.1 Å². The molecule has 0 unspecified atom stereocenters. The highest BCUT2D eigenvalue weighted by molar-refractivity contribution is 6.30. The summed E-state index contributed by atoms with van der Waals surface area (Å²) in [5.41, 5.74) is 1.47. The number of aromatic nitrogens is 1. The molecule has 0 bridgehead atoms. The van der Waals surface area contributed by atoms with Crippen molar-refractivity contribution in [1.29, 1.82) is 0 Å². The first-order valence-corrected chi connectivity index (χ1v) is 9.59. The monoisotopic (exact) mass is 427 g/mol. The Morgan fingerprint density at radius 1 is 1.10 bits per heavy atom. The van der Waals surface area contributed by atoms with Gasteiger partial charge in [0.25, 0.3) is 11.2 Å². The van der Waals surface area contributed by atoms with E-state index in [4.69, 9.17) is 21.1 Å². The van der Waals surface area contributed by atoms with Gasteiger partial charge in [0, 0.05) is 66.2 Å². The van der Waals surface area contributed by atoms with Crippen LogP contribution in [0.5, 0.6) is 17.2 Å². The molecule has 0 radical (unpaired) electrons. The van der Waals surface area contributed by atoms with Gasteiger partial charge in [0.1, 0.15) is 23.9 Å². The summed E-state index contributed by atoms with van der Waals surface area (Å²) in [5.74, 6) is 1.31. The summed E-state index contributed by atoms with van der Waals surface area (Å²) in [6.07, 6.45) is 1.59. The molecule has 0 saturated heterocycles. The number of aryl methyl sites for hydroxylation is 1. The maximum absolute atomic E-state index is 12.2. The molecule has 3 aromatic rings. The van der Waals surface area contributed by atoms with E-state index in [0.29, 0.717) is 53.1 Å². The standard InChI is InChI=1S/C21H18ClN3O5/c1-24-12-17-16-9-15(25(27)28)3-5-19(16)30-18-4-2-14(22)8-13(18)11-23-6-7-29-20(17)10-21(24)26/h2-5,8-10,12,23H,6-7,11H2,1H3. The Morgan fingerprint density at radius 2 is 1.90 bits per heavy atom. The smallest absolute Gasteiger partial charge is 0.270 e. The highest BCUT2D eigenvalue weighted by Crippen LogP contribution is 2.41. The summed E-state index contributed by atoms with van der Waals surface area (Å²) in [6.45, 7) is 1.31. The minimum Gasteiger partial charge on any atom is -0.491 e. The van der Waals surface area contributed by atoms with Gasteiger partial charge in [-0.1, -0.05) is 11.6 Å². The third-order valence-corrected chi connectivity index (χ3v) is 4.98. The molecule has 9 heteroatoms. The number of hydrogen-bond donors (Lipinski definition) is 1. The van der Waals surface area contributed by atoms with Crippen molar-refractivity contribution in [2.24, 2.45) is 7.05 Å². The maximum atomic E-state index is 12.2. The van der Waals surface area contributed by atoms with Crippen LogP contribution in [0.15, 0.2) is 53.5 Å². The lowest BCUT2D eigenvalue weighted by molar-refractivity contribution is -0.384. The average Bonchev–Trinajstić information content (AvgIpc) is 2.71. The quantitative estimate of drug-likeness (QED) is 0.467. The second kappa shape index (κ2) is 8.17. The lowest BCUT2D eigenvalue weighted by Gasteiger charge is -2.19. The van der Waals surface area contributed by atoms with Crippen LogP contribution in [-0.2, 0) is 13.6 Å². The summed E-state index contributed by atoms with van der Waals surface area (Å²) in [6, 6.07) is 11.0. The fourth-order valence-corrected chi connectivity index (χ4v) is 3.42. The van der Waals surface area contributed by atoms with E-state index in [0.717, 1.165) is 5.56 Å². The number of hydrogen-bond acceptors (Lipinski definition) is 6. The molecule has 1 aliphatic heterocycles. The minimum absolute atomic E-state index is 0.0951. The second-order valence-corrected chi connectivity index (χ2v) is 7.25. The molecule has 0 amide bonds. The highest BCUT2D eigenvalue weighted by Gasteiger charge is 2.20. The lowest BCUT2D eigenvalue weighted by Crippen LogP contribution is -2.22. The number of benzene rings is 2. The Labute approximate surface area is 176 Å². The molecule has 1 aromatic heterocycles. The third kappa shape index (κ3) is 4.00. The molecule has 1 N–H and O–H groups in total. The molecular formula is C21H18ClN3O5. The van der Waals surface area contributed by atoms with Crippen molar-refractivity contribution in [3.63, 3.8) is 0 Å². The molecular weight excluding hydrogens is 410 g/mol. The molecule has 154 valence electrons. The van der Waals surface area contributed by atoms with Crippen LogP contribution in [0.2, 0.25) is 5.02 Å². The second-order valence-electron chi connectivity index (χ2n) is 6.82. The summed E-state index contributed by atoms with van der Waals surface area (Å²) in [4.78, 5) is 23.1. The Hall–Kier alpha value is -3.36. The van der Waals surface area contributed by atoms with Gasteiger partial charge in [0.05, 0.1) is 4.92 Å².